The number of hydrogen-bond donors (Lipinski definition) is 1. The normalized spacial score (nSPS) is 10.4. The largest absolute Gasteiger partial charge is 0.496 e. The molecule has 0 atom stereocenters. The summed E-state index contributed by atoms with van der Waals surface area (Å²) in [6.45, 7) is 2.39. The van der Waals surface area contributed by atoms with Gasteiger partial charge in [-0.25, -0.2) is 4.39 Å². The number of methoxy groups -OCH3 is 1. The van der Waals surface area contributed by atoms with Crippen molar-refractivity contribution in [3.8, 4) is 16.9 Å². The minimum Gasteiger partial charge on any atom is -0.496 e. The minimum atomic E-state index is -0.233. The second kappa shape index (κ2) is 5.19. The smallest absolute Gasteiger partial charge is 0.126 e. The summed E-state index contributed by atoms with van der Waals surface area (Å²) < 4.78 is 18.2. The average Bonchev–Trinajstić information content (AvgIpc) is 2.38. The molecule has 18 heavy (non-hydrogen) atoms. The van der Waals surface area contributed by atoms with Crippen LogP contribution in [0.1, 0.15) is 11.1 Å². The minimum absolute atomic E-state index is 0.233. The van der Waals surface area contributed by atoms with Gasteiger partial charge >= 0.3 is 0 Å². The molecule has 0 amide bonds. The quantitative estimate of drug-likeness (QED) is 0.900. The third-order valence-corrected chi connectivity index (χ3v) is 2.95. The molecule has 0 aliphatic rings. The van der Waals surface area contributed by atoms with E-state index in [-0.39, 0.29) is 5.82 Å². The molecule has 2 rings (SSSR count). The van der Waals surface area contributed by atoms with E-state index in [1.807, 2.05) is 19.1 Å². The van der Waals surface area contributed by atoms with Gasteiger partial charge in [-0.05, 0) is 47.9 Å². The van der Waals surface area contributed by atoms with Gasteiger partial charge in [-0.3, -0.25) is 0 Å². The summed E-state index contributed by atoms with van der Waals surface area (Å²) in [5.74, 6) is 0.589. The number of benzene rings is 2. The lowest BCUT2D eigenvalue weighted by Crippen LogP contribution is -2.02. The van der Waals surface area contributed by atoms with Gasteiger partial charge in [0.05, 0.1) is 7.11 Å². The zero-order valence-electron chi connectivity index (χ0n) is 10.5. The van der Waals surface area contributed by atoms with Crippen LogP contribution in [0.4, 0.5) is 4.39 Å². The van der Waals surface area contributed by atoms with Crippen LogP contribution in [0.3, 0.4) is 0 Å². The molecule has 0 spiro atoms. The molecule has 0 heterocycles. The van der Waals surface area contributed by atoms with E-state index in [9.17, 15) is 4.39 Å². The van der Waals surface area contributed by atoms with Crippen molar-refractivity contribution in [1.29, 1.82) is 0 Å². The number of aryl methyl sites for hydroxylation is 1. The molecule has 0 radical (unpaired) electrons. The molecule has 0 aromatic heterocycles. The molecule has 2 nitrogen and oxygen atoms in total. The van der Waals surface area contributed by atoms with Crippen molar-refractivity contribution in [3.05, 3.63) is 53.3 Å². The molecule has 3 heteroatoms. The molecule has 2 N–H and O–H groups in total. The molecule has 0 aliphatic heterocycles. The summed E-state index contributed by atoms with van der Waals surface area (Å²) in [6.07, 6.45) is 0. The Morgan fingerprint density at radius 3 is 2.33 bits per heavy atom. The summed E-state index contributed by atoms with van der Waals surface area (Å²) in [6, 6.07) is 10.4. The van der Waals surface area contributed by atoms with Crippen molar-refractivity contribution in [1.82, 2.24) is 0 Å². The fourth-order valence-electron chi connectivity index (χ4n) is 2.10. The van der Waals surface area contributed by atoms with Crippen molar-refractivity contribution >= 4 is 0 Å². The van der Waals surface area contributed by atoms with E-state index >= 15 is 0 Å². The number of ether oxygens (including phenoxy) is 1. The second-order valence-electron chi connectivity index (χ2n) is 4.20. The predicted octanol–water partition coefficient (Wildman–Crippen LogP) is 3.27. The predicted molar refractivity (Wildman–Crippen MR) is 71.0 cm³/mol. The molecular weight excluding hydrogens is 229 g/mol. The van der Waals surface area contributed by atoms with Crippen LogP contribution in [-0.2, 0) is 6.54 Å². The SMILES string of the molecule is COc1c(C)cc(-c2ccc(F)cc2)cc1CN. The molecule has 94 valence electrons. The van der Waals surface area contributed by atoms with Gasteiger partial charge in [-0.1, -0.05) is 12.1 Å². The highest BCUT2D eigenvalue weighted by atomic mass is 19.1. The first kappa shape index (κ1) is 12.6. The number of halogens is 1. The van der Waals surface area contributed by atoms with Gasteiger partial charge in [0.25, 0.3) is 0 Å². The van der Waals surface area contributed by atoms with Crippen LogP contribution in [0, 0.1) is 12.7 Å². The molecule has 0 fully saturated rings. The highest BCUT2D eigenvalue weighted by Gasteiger charge is 2.08. The maximum Gasteiger partial charge on any atom is 0.126 e. The van der Waals surface area contributed by atoms with Crippen LogP contribution in [0.15, 0.2) is 36.4 Å². The van der Waals surface area contributed by atoms with Crippen molar-refractivity contribution in [2.45, 2.75) is 13.5 Å². The Bertz CT molecular complexity index is 549. The summed E-state index contributed by atoms with van der Waals surface area (Å²) in [4.78, 5) is 0. The Hall–Kier alpha value is -1.87. The Morgan fingerprint density at radius 2 is 1.78 bits per heavy atom. The van der Waals surface area contributed by atoms with Gasteiger partial charge in [0.15, 0.2) is 0 Å². The Balaban J connectivity index is 2.52. The van der Waals surface area contributed by atoms with E-state index in [1.54, 1.807) is 19.2 Å². The lowest BCUT2D eigenvalue weighted by Gasteiger charge is -2.13. The van der Waals surface area contributed by atoms with Gasteiger partial charge in [-0.15, -0.1) is 0 Å². The molecule has 0 saturated carbocycles. The summed E-state index contributed by atoms with van der Waals surface area (Å²) in [7, 11) is 1.64. The lowest BCUT2D eigenvalue weighted by atomic mass is 9.99. The van der Waals surface area contributed by atoms with Crippen LogP contribution in [0.25, 0.3) is 11.1 Å². The first-order valence-electron chi connectivity index (χ1n) is 5.79. The van der Waals surface area contributed by atoms with Crippen LogP contribution < -0.4 is 10.5 Å². The number of nitrogens with two attached hydrogens (primary N) is 1. The molecular formula is C15H16FNO. The molecule has 2 aromatic carbocycles. The van der Waals surface area contributed by atoms with Gasteiger partial charge in [-0.2, -0.15) is 0 Å². The molecule has 0 saturated heterocycles. The number of rotatable bonds is 3. The van der Waals surface area contributed by atoms with E-state index in [1.165, 1.54) is 12.1 Å². The van der Waals surface area contributed by atoms with E-state index < -0.39 is 0 Å². The maximum absolute atomic E-state index is 12.9. The highest BCUT2D eigenvalue weighted by molar-refractivity contribution is 5.67. The Labute approximate surface area is 106 Å². The van der Waals surface area contributed by atoms with Crippen LogP contribution in [-0.4, -0.2) is 7.11 Å². The standard InChI is InChI=1S/C15H16FNO/c1-10-7-12(8-13(9-17)15(10)18-2)11-3-5-14(16)6-4-11/h3-8H,9,17H2,1-2H3. The molecule has 0 aliphatic carbocycles. The van der Waals surface area contributed by atoms with Crippen LogP contribution in [0.2, 0.25) is 0 Å². The van der Waals surface area contributed by atoms with Gasteiger partial charge in [0.2, 0.25) is 0 Å². The van der Waals surface area contributed by atoms with E-state index in [0.717, 1.165) is 28.0 Å². The van der Waals surface area contributed by atoms with Crippen molar-refractivity contribution in [2.75, 3.05) is 7.11 Å². The van der Waals surface area contributed by atoms with Gasteiger partial charge < -0.3 is 10.5 Å². The van der Waals surface area contributed by atoms with E-state index in [0.29, 0.717) is 6.54 Å². The highest BCUT2D eigenvalue weighted by Crippen LogP contribution is 2.30. The first-order chi connectivity index (χ1) is 8.65. The van der Waals surface area contributed by atoms with Crippen LogP contribution in [0.5, 0.6) is 5.75 Å². The van der Waals surface area contributed by atoms with Crippen molar-refractivity contribution in [3.63, 3.8) is 0 Å². The van der Waals surface area contributed by atoms with E-state index in [4.69, 9.17) is 10.5 Å². The van der Waals surface area contributed by atoms with Crippen molar-refractivity contribution < 1.29 is 9.13 Å². The Kier molecular flexibility index (Phi) is 3.63. The third kappa shape index (κ3) is 2.36. The fourth-order valence-corrected chi connectivity index (χ4v) is 2.10. The zero-order chi connectivity index (χ0) is 13.1. The fraction of sp³-hybridized carbons (Fsp3) is 0.200. The first-order valence-corrected chi connectivity index (χ1v) is 5.79. The average molecular weight is 245 g/mol. The summed E-state index contributed by atoms with van der Waals surface area (Å²) >= 11 is 0. The van der Waals surface area contributed by atoms with E-state index in [2.05, 4.69) is 0 Å². The third-order valence-electron chi connectivity index (χ3n) is 2.95. The molecule has 0 unspecified atom stereocenters. The van der Waals surface area contributed by atoms with Crippen LogP contribution >= 0.6 is 0 Å². The molecule has 0 bridgehead atoms. The monoisotopic (exact) mass is 245 g/mol. The summed E-state index contributed by atoms with van der Waals surface area (Å²) in [5, 5.41) is 0. The van der Waals surface area contributed by atoms with Crippen molar-refractivity contribution in [2.24, 2.45) is 5.73 Å². The number of hydrogen-bond acceptors (Lipinski definition) is 2. The molecule has 2 aromatic rings. The lowest BCUT2D eigenvalue weighted by molar-refractivity contribution is 0.407. The zero-order valence-corrected chi connectivity index (χ0v) is 10.5. The van der Waals surface area contributed by atoms with Gasteiger partial charge in [0, 0.05) is 12.1 Å². The topological polar surface area (TPSA) is 35.2 Å². The second-order valence-corrected chi connectivity index (χ2v) is 4.20. The van der Waals surface area contributed by atoms with Gasteiger partial charge in [0.1, 0.15) is 11.6 Å². The Morgan fingerprint density at radius 1 is 1.11 bits per heavy atom. The summed E-state index contributed by atoms with van der Waals surface area (Å²) in [5.41, 5.74) is 9.70. The maximum atomic E-state index is 12.9.